The molecule has 4 rings (SSSR count). The van der Waals surface area contributed by atoms with Crippen LogP contribution in [-0.2, 0) is 9.59 Å². The van der Waals surface area contributed by atoms with Gasteiger partial charge in [0, 0.05) is 18.7 Å². The molecule has 2 amide bonds. The molecule has 0 spiro atoms. The van der Waals surface area contributed by atoms with Crippen LogP contribution in [-0.4, -0.2) is 27.6 Å². The molecule has 1 heterocycles. The first-order chi connectivity index (χ1) is 17.0. The number of halogens is 1. The fourth-order valence-corrected chi connectivity index (χ4v) is 5.04. The zero-order chi connectivity index (χ0) is 24.6. The van der Waals surface area contributed by atoms with Crippen molar-refractivity contribution in [1.29, 1.82) is 0 Å². The zero-order valence-corrected chi connectivity index (χ0v) is 20.7. The van der Waals surface area contributed by atoms with E-state index in [1.165, 1.54) is 36.0 Å². The second-order valence-corrected chi connectivity index (χ2v) is 9.86. The Bertz CT molecular complexity index is 1230. The minimum atomic E-state index is -0.338. The lowest BCUT2D eigenvalue weighted by molar-refractivity contribution is -0.122. The van der Waals surface area contributed by atoms with Gasteiger partial charge in [0.05, 0.1) is 4.91 Å². The maximum Gasteiger partial charge on any atom is 0.266 e. The normalized spacial score (nSPS) is 14.5. The van der Waals surface area contributed by atoms with E-state index < -0.39 is 0 Å². The van der Waals surface area contributed by atoms with E-state index in [-0.39, 0.29) is 17.6 Å². The van der Waals surface area contributed by atoms with E-state index in [1.54, 1.807) is 4.90 Å². The second kappa shape index (κ2) is 11.9. The van der Waals surface area contributed by atoms with Crippen LogP contribution in [0, 0.1) is 5.82 Å². The number of thioether (sulfide) groups is 1. The van der Waals surface area contributed by atoms with Gasteiger partial charge in [-0.3, -0.25) is 14.5 Å². The third-order valence-electron chi connectivity index (χ3n) is 5.60. The highest BCUT2D eigenvalue weighted by Gasteiger charge is 2.31. The van der Waals surface area contributed by atoms with E-state index in [4.69, 9.17) is 12.2 Å². The van der Waals surface area contributed by atoms with Gasteiger partial charge in [-0.05, 0) is 59.9 Å². The smallest absolute Gasteiger partial charge is 0.266 e. The van der Waals surface area contributed by atoms with Gasteiger partial charge >= 0.3 is 0 Å². The monoisotopic (exact) mass is 504 g/mol. The molecule has 0 atom stereocenters. The fraction of sp³-hybridized carbons (Fsp3) is 0.179. The molecule has 1 N–H and O–H groups in total. The molecule has 178 valence electrons. The molecule has 0 bridgehead atoms. The quantitative estimate of drug-likeness (QED) is 0.196. The van der Waals surface area contributed by atoms with Crippen molar-refractivity contribution < 1.29 is 14.0 Å². The van der Waals surface area contributed by atoms with Crippen LogP contribution in [0.5, 0.6) is 0 Å². The van der Waals surface area contributed by atoms with Gasteiger partial charge in [-0.2, -0.15) is 0 Å². The van der Waals surface area contributed by atoms with Crippen molar-refractivity contribution in [1.82, 2.24) is 4.90 Å². The van der Waals surface area contributed by atoms with E-state index in [0.717, 1.165) is 29.5 Å². The van der Waals surface area contributed by atoms with Gasteiger partial charge in [-0.15, -0.1) is 0 Å². The summed E-state index contributed by atoms with van der Waals surface area (Å²) in [7, 11) is 0. The zero-order valence-electron chi connectivity index (χ0n) is 19.1. The number of hydrogen-bond donors (Lipinski definition) is 1. The first-order valence-corrected chi connectivity index (χ1v) is 12.7. The summed E-state index contributed by atoms with van der Waals surface area (Å²) in [6, 6.07) is 24.0. The van der Waals surface area contributed by atoms with Crippen LogP contribution in [0.1, 0.15) is 31.2 Å². The van der Waals surface area contributed by atoms with Crippen molar-refractivity contribution >= 4 is 51.9 Å². The van der Waals surface area contributed by atoms with Crippen molar-refractivity contribution in [3.8, 4) is 11.1 Å². The molecule has 0 radical (unpaired) electrons. The molecular formula is C28H25FN2O2S2. The fourth-order valence-electron chi connectivity index (χ4n) is 3.74. The number of benzene rings is 3. The molecule has 4 nitrogen and oxygen atoms in total. The summed E-state index contributed by atoms with van der Waals surface area (Å²) in [6.07, 6.45) is 4.51. The van der Waals surface area contributed by atoms with Gasteiger partial charge in [0.1, 0.15) is 10.1 Å². The molecule has 0 aromatic heterocycles. The van der Waals surface area contributed by atoms with Gasteiger partial charge in [-0.1, -0.05) is 85.0 Å². The average molecular weight is 505 g/mol. The van der Waals surface area contributed by atoms with Crippen molar-refractivity contribution in [2.75, 3.05) is 11.9 Å². The van der Waals surface area contributed by atoms with Gasteiger partial charge in [0.15, 0.2) is 0 Å². The number of amides is 2. The van der Waals surface area contributed by atoms with E-state index >= 15 is 0 Å². The van der Waals surface area contributed by atoms with Crippen LogP contribution in [0.25, 0.3) is 17.2 Å². The summed E-state index contributed by atoms with van der Waals surface area (Å²) >= 11 is 6.76. The van der Waals surface area contributed by atoms with Crippen molar-refractivity contribution in [2.45, 2.75) is 25.7 Å². The van der Waals surface area contributed by atoms with E-state index in [2.05, 4.69) is 17.4 Å². The Morgan fingerprint density at radius 1 is 0.914 bits per heavy atom. The third kappa shape index (κ3) is 6.87. The number of thiocarbonyl (C=S) groups is 1. The number of nitrogens with zero attached hydrogens (tertiary/aromatic N) is 1. The lowest BCUT2D eigenvalue weighted by atomic mass is 10.0. The average Bonchev–Trinajstić information content (AvgIpc) is 3.13. The maximum atomic E-state index is 12.9. The molecule has 3 aromatic carbocycles. The minimum absolute atomic E-state index is 0.0683. The summed E-state index contributed by atoms with van der Waals surface area (Å²) in [5, 5.41) is 2.76. The molecule has 35 heavy (non-hydrogen) atoms. The van der Waals surface area contributed by atoms with Crippen molar-refractivity contribution in [3.63, 3.8) is 0 Å². The topological polar surface area (TPSA) is 49.4 Å². The first-order valence-electron chi connectivity index (χ1n) is 11.5. The molecule has 1 aliphatic heterocycles. The summed E-state index contributed by atoms with van der Waals surface area (Å²) in [5.41, 5.74) is 3.81. The molecule has 1 fully saturated rings. The second-order valence-electron chi connectivity index (χ2n) is 8.19. The summed E-state index contributed by atoms with van der Waals surface area (Å²) in [4.78, 5) is 27.2. The highest BCUT2D eigenvalue weighted by Crippen LogP contribution is 2.33. The molecule has 0 unspecified atom stereocenters. The number of carbonyl (C=O) groups excluding carboxylic acids is 2. The predicted molar refractivity (Wildman–Crippen MR) is 145 cm³/mol. The third-order valence-corrected chi connectivity index (χ3v) is 6.98. The van der Waals surface area contributed by atoms with Gasteiger partial charge in [0.25, 0.3) is 5.91 Å². The molecule has 0 saturated carbocycles. The van der Waals surface area contributed by atoms with Crippen LogP contribution in [0.4, 0.5) is 10.1 Å². The first kappa shape index (κ1) is 24.8. The number of anilines is 1. The van der Waals surface area contributed by atoms with Gasteiger partial charge in [0.2, 0.25) is 5.91 Å². The van der Waals surface area contributed by atoms with Crippen LogP contribution in [0.3, 0.4) is 0 Å². The number of unbranched alkanes of at least 4 members (excludes halogenated alkanes) is 2. The molecule has 7 heteroatoms. The number of hydrogen-bond acceptors (Lipinski definition) is 4. The number of carbonyl (C=O) groups is 2. The molecule has 3 aromatic rings. The summed E-state index contributed by atoms with van der Waals surface area (Å²) in [6.45, 7) is 0.536. The predicted octanol–water partition coefficient (Wildman–Crippen LogP) is 6.89. The highest BCUT2D eigenvalue weighted by atomic mass is 32.2. The summed E-state index contributed by atoms with van der Waals surface area (Å²) < 4.78 is 13.5. The molecular weight excluding hydrogens is 479 g/mol. The lowest BCUT2D eigenvalue weighted by Gasteiger charge is -2.14. The standard InChI is InChI=1S/C28H25FN2O2S2/c29-23-14-16-24(17-15-23)30-26(32)9-5-2-6-18-31-27(33)25(35-28(31)34)19-20-10-12-22(13-11-20)21-7-3-1-4-8-21/h1,3-4,7-8,10-17,19H,2,5-6,9,18H2,(H,30,32)/b25-19-. The largest absolute Gasteiger partial charge is 0.326 e. The molecule has 1 saturated heterocycles. The maximum absolute atomic E-state index is 12.9. The van der Waals surface area contributed by atoms with E-state index in [9.17, 15) is 14.0 Å². The van der Waals surface area contributed by atoms with Crippen LogP contribution < -0.4 is 5.32 Å². The van der Waals surface area contributed by atoms with Crippen LogP contribution in [0.15, 0.2) is 83.8 Å². The molecule has 1 aliphatic rings. The summed E-state index contributed by atoms with van der Waals surface area (Å²) in [5.74, 6) is -0.515. The van der Waals surface area contributed by atoms with Crippen LogP contribution in [0.2, 0.25) is 0 Å². The Morgan fingerprint density at radius 3 is 2.31 bits per heavy atom. The lowest BCUT2D eigenvalue weighted by Crippen LogP contribution is -2.29. The molecule has 0 aliphatic carbocycles. The Balaban J connectivity index is 1.23. The number of nitrogens with one attached hydrogen (secondary N) is 1. The van der Waals surface area contributed by atoms with E-state index in [0.29, 0.717) is 34.3 Å². The Labute approximate surface area is 214 Å². The Hall–Kier alpha value is -3.29. The minimum Gasteiger partial charge on any atom is -0.326 e. The highest BCUT2D eigenvalue weighted by molar-refractivity contribution is 8.26. The van der Waals surface area contributed by atoms with Crippen molar-refractivity contribution in [3.05, 3.63) is 95.1 Å². The SMILES string of the molecule is O=C(CCCCCN1C(=O)/C(=C/c2ccc(-c3ccccc3)cc2)SC1=S)Nc1ccc(F)cc1. The van der Waals surface area contributed by atoms with Crippen molar-refractivity contribution in [2.24, 2.45) is 0 Å². The Kier molecular flexibility index (Phi) is 8.45. The van der Waals surface area contributed by atoms with Crippen LogP contribution >= 0.6 is 24.0 Å². The van der Waals surface area contributed by atoms with E-state index in [1.807, 2.05) is 48.5 Å². The van der Waals surface area contributed by atoms with Gasteiger partial charge < -0.3 is 5.32 Å². The Morgan fingerprint density at radius 2 is 1.60 bits per heavy atom. The number of rotatable bonds is 9. The van der Waals surface area contributed by atoms with Gasteiger partial charge in [-0.25, -0.2) is 4.39 Å².